The summed E-state index contributed by atoms with van der Waals surface area (Å²) in [5, 5.41) is 0. The number of hydrogen-bond donors (Lipinski definition) is 0. The van der Waals surface area contributed by atoms with Crippen LogP contribution in [-0.2, 0) is 14.3 Å². The van der Waals surface area contributed by atoms with Crippen molar-refractivity contribution in [3.8, 4) is 0 Å². The molecule has 22 heavy (non-hydrogen) atoms. The Kier molecular flexibility index (Phi) is 4.95. The monoisotopic (exact) mass is 304 g/mol. The average Bonchev–Trinajstić information content (AvgIpc) is 3.11. The van der Waals surface area contributed by atoms with E-state index in [1.54, 1.807) is 0 Å². The number of amides is 1. The zero-order valence-electron chi connectivity index (χ0n) is 13.2. The second kappa shape index (κ2) is 7.11. The van der Waals surface area contributed by atoms with Gasteiger partial charge in [-0.25, -0.2) is 0 Å². The molecule has 0 radical (unpaired) electrons. The van der Waals surface area contributed by atoms with E-state index in [0.29, 0.717) is 13.2 Å². The third-order valence-electron chi connectivity index (χ3n) is 4.32. The fraction of sp³-hybridized carbons (Fsp3) is 0.588. The summed E-state index contributed by atoms with van der Waals surface area (Å²) in [6.45, 7) is 6.76. The standard InChI is InChI=1S/C17H24N2O3/c1-2-19(17(20)16-4-3-11-22-16)15-7-5-14(6-8-15)18-9-12-21-13-10-18/h5-8,16H,2-4,9-13H2,1H3/t16-/m1/s1. The number of anilines is 2. The van der Waals surface area contributed by atoms with Crippen molar-refractivity contribution >= 4 is 17.3 Å². The molecular formula is C17H24N2O3. The highest BCUT2D eigenvalue weighted by Crippen LogP contribution is 2.24. The van der Waals surface area contributed by atoms with Crippen molar-refractivity contribution in [1.82, 2.24) is 0 Å². The lowest BCUT2D eigenvalue weighted by molar-refractivity contribution is -0.127. The van der Waals surface area contributed by atoms with E-state index in [1.807, 2.05) is 24.0 Å². The molecule has 0 spiro atoms. The number of rotatable bonds is 4. The second-order valence-electron chi connectivity index (χ2n) is 5.70. The predicted molar refractivity (Wildman–Crippen MR) is 86.5 cm³/mol. The summed E-state index contributed by atoms with van der Waals surface area (Å²) in [6.07, 6.45) is 1.55. The molecule has 2 aliphatic rings. The van der Waals surface area contributed by atoms with Gasteiger partial charge in [-0.1, -0.05) is 0 Å². The molecule has 0 N–H and O–H groups in total. The van der Waals surface area contributed by atoms with E-state index in [4.69, 9.17) is 9.47 Å². The summed E-state index contributed by atoms with van der Waals surface area (Å²) in [7, 11) is 0. The van der Waals surface area contributed by atoms with Gasteiger partial charge < -0.3 is 19.3 Å². The van der Waals surface area contributed by atoms with Crippen molar-refractivity contribution in [1.29, 1.82) is 0 Å². The average molecular weight is 304 g/mol. The fourth-order valence-electron chi connectivity index (χ4n) is 3.08. The molecule has 120 valence electrons. The molecule has 2 fully saturated rings. The summed E-state index contributed by atoms with van der Waals surface area (Å²) in [6, 6.07) is 8.24. The van der Waals surface area contributed by atoms with E-state index >= 15 is 0 Å². The molecule has 0 aromatic heterocycles. The quantitative estimate of drug-likeness (QED) is 0.854. The molecule has 0 aliphatic carbocycles. The molecule has 2 heterocycles. The molecule has 0 saturated carbocycles. The van der Waals surface area contributed by atoms with E-state index in [0.717, 1.165) is 44.8 Å². The minimum Gasteiger partial charge on any atom is -0.378 e. The number of nitrogens with zero attached hydrogens (tertiary/aromatic N) is 2. The number of benzene rings is 1. The predicted octanol–water partition coefficient (Wildman–Crippen LogP) is 2.06. The van der Waals surface area contributed by atoms with Crippen molar-refractivity contribution in [3.05, 3.63) is 24.3 Å². The topological polar surface area (TPSA) is 42.0 Å². The summed E-state index contributed by atoms with van der Waals surface area (Å²) in [5.41, 5.74) is 2.13. The van der Waals surface area contributed by atoms with Crippen LogP contribution in [-0.4, -0.2) is 51.5 Å². The van der Waals surface area contributed by atoms with Crippen LogP contribution in [0.5, 0.6) is 0 Å². The van der Waals surface area contributed by atoms with Gasteiger partial charge in [0.05, 0.1) is 13.2 Å². The minimum atomic E-state index is -0.265. The lowest BCUT2D eigenvalue weighted by Gasteiger charge is -2.29. The van der Waals surface area contributed by atoms with Gasteiger partial charge in [0.25, 0.3) is 5.91 Å². The maximum Gasteiger partial charge on any atom is 0.256 e. The Morgan fingerprint density at radius 2 is 1.95 bits per heavy atom. The molecule has 3 rings (SSSR count). The Balaban J connectivity index is 1.70. The smallest absolute Gasteiger partial charge is 0.256 e. The van der Waals surface area contributed by atoms with E-state index in [-0.39, 0.29) is 12.0 Å². The Labute approximate surface area is 131 Å². The highest BCUT2D eigenvalue weighted by Gasteiger charge is 2.28. The summed E-state index contributed by atoms with van der Waals surface area (Å²) < 4.78 is 10.9. The normalized spacial score (nSPS) is 21.9. The molecule has 2 saturated heterocycles. The van der Waals surface area contributed by atoms with Gasteiger partial charge in [0.2, 0.25) is 0 Å². The van der Waals surface area contributed by atoms with Gasteiger partial charge in [-0.05, 0) is 44.0 Å². The summed E-state index contributed by atoms with van der Waals surface area (Å²) >= 11 is 0. The van der Waals surface area contributed by atoms with Crippen molar-refractivity contribution in [2.45, 2.75) is 25.9 Å². The molecule has 5 nitrogen and oxygen atoms in total. The fourth-order valence-corrected chi connectivity index (χ4v) is 3.08. The molecular weight excluding hydrogens is 280 g/mol. The number of hydrogen-bond acceptors (Lipinski definition) is 4. The van der Waals surface area contributed by atoms with Gasteiger partial charge >= 0.3 is 0 Å². The Morgan fingerprint density at radius 1 is 1.23 bits per heavy atom. The number of ether oxygens (including phenoxy) is 2. The molecule has 1 atom stereocenters. The number of carbonyl (C=O) groups is 1. The first-order valence-electron chi connectivity index (χ1n) is 8.15. The molecule has 1 aromatic carbocycles. The van der Waals surface area contributed by atoms with Gasteiger partial charge in [-0.3, -0.25) is 4.79 Å². The largest absolute Gasteiger partial charge is 0.378 e. The Bertz CT molecular complexity index is 491. The maximum absolute atomic E-state index is 12.5. The zero-order valence-corrected chi connectivity index (χ0v) is 13.2. The van der Waals surface area contributed by atoms with E-state index in [1.165, 1.54) is 5.69 Å². The summed E-state index contributed by atoms with van der Waals surface area (Å²) in [4.78, 5) is 16.7. The van der Waals surface area contributed by atoms with Crippen LogP contribution < -0.4 is 9.80 Å². The van der Waals surface area contributed by atoms with Crippen LogP contribution in [0.3, 0.4) is 0 Å². The van der Waals surface area contributed by atoms with Crippen molar-refractivity contribution < 1.29 is 14.3 Å². The van der Waals surface area contributed by atoms with Crippen LogP contribution in [0.1, 0.15) is 19.8 Å². The van der Waals surface area contributed by atoms with Crippen molar-refractivity contribution in [2.75, 3.05) is 49.3 Å². The van der Waals surface area contributed by atoms with Gasteiger partial charge in [-0.15, -0.1) is 0 Å². The first-order valence-corrected chi connectivity index (χ1v) is 8.15. The lowest BCUT2D eigenvalue weighted by atomic mass is 10.2. The Morgan fingerprint density at radius 3 is 2.55 bits per heavy atom. The molecule has 1 amide bonds. The third kappa shape index (κ3) is 3.25. The first kappa shape index (κ1) is 15.3. The molecule has 0 bridgehead atoms. The van der Waals surface area contributed by atoms with Gasteiger partial charge in [-0.2, -0.15) is 0 Å². The molecule has 5 heteroatoms. The van der Waals surface area contributed by atoms with Crippen molar-refractivity contribution in [3.63, 3.8) is 0 Å². The third-order valence-corrected chi connectivity index (χ3v) is 4.32. The Hall–Kier alpha value is -1.59. The summed E-state index contributed by atoms with van der Waals surface area (Å²) in [5.74, 6) is 0.0825. The van der Waals surface area contributed by atoms with Gasteiger partial charge in [0.15, 0.2) is 0 Å². The van der Waals surface area contributed by atoms with E-state index < -0.39 is 0 Å². The van der Waals surface area contributed by atoms with Crippen LogP contribution in [0.25, 0.3) is 0 Å². The number of carbonyl (C=O) groups excluding carboxylic acids is 1. The molecule has 0 unspecified atom stereocenters. The van der Waals surface area contributed by atoms with E-state index in [9.17, 15) is 4.79 Å². The van der Waals surface area contributed by atoms with Gasteiger partial charge in [0.1, 0.15) is 6.10 Å². The first-order chi connectivity index (χ1) is 10.8. The SMILES string of the molecule is CCN(C(=O)[C@H]1CCCO1)c1ccc(N2CCOCC2)cc1. The van der Waals surface area contributed by atoms with Crippen LogP contribution in [0.2, 0.25) is 0 Å². The number of likely N-dealkylation sites (N-methyl/N-ethyl adjacent to an activating group) is 1. The lowest BCUT2D eigenvalue weighted by Crippen LogP contribution is -2.39. The number of morpholine rings is 1. The maximum atomic E-state index is 12.5. The van der Waals surface area contributed by atoms with Crippen LogP contribution in [0.4, 0.5) is 11.4 Å². The zero-order chi connectivity index (χ0) is 15.4. The molecule has 1 aromatic rings. The van der Waals surface area contributed by atoms with Crippen molar-refractivity contribution in [2.24, 2.45) is 0 Å². The van der Waals surface area contributed by atoms with Crippen LogP contribution in [0.15, 0.2) is 24.3 Å². The minimum absolute atomic E-state index is 0.0825. The van der Waals surface area contributed by atoms with Crippen LogP contribution >= 0.6 is 0 Å². The van der Waals surface area contributed by atoms with E-state index in [2.05, 4.69) is 17.0 Å². The molecule has 2 aliphatic heterocycles. The highest BCUT2D eigenvalue weighted by atomic mass is 16.5. The highest BCUT2D eigenvalue weighted by molar-refractivity contribution is 5.96. The van der Waals surface area contributed by atoms with Gasteiger partial charge in [0, 0.05) is 37.6 Å². The van der Waals surface area contributed by atoms with Crippen LogP contribution in [0, 0.1) is 0 Å². The second-order valence-corrected chi connectivity index (χ2v) is 5.70.